The molecule has 0 aliphatic carbocycles. The normalized spacial score (nSPS) is 12.3. The van der Waals surface area contributed by atoms with Gasteiger partial charge in [-0.25, -0.2) is 0 Å². The summed E-state index contributed by atoms with van der Waals surface area (Å²) in [6.07, 6.45) is 40.1. The van der Waals surface area contributed by atoms with Gasteiger partial charge in [-0.15, -0.1) is 0 Å². The highest BCUT2D eigenvalue weighted by Gasteiger charge is 2.13. The Kier molecular flexibility index (Phi) is 41.6. The van der Waals surface area contributed by atoms with Crippen molar-refractivity contribution in [2.24, 2.45) is 11.8 Å². The van der Waals surface area contributed by atoms with Crippen molar-refractivity contribution in [2.75, 3.05) is 40.5 Å². The van der Waals surface area contributed by atoms with Crippen molar-refractivity contribution in [3.8, 4) is 0 Å². The highest BCUT2D eigenvalue weighted by molar-refractivity contribution is 5.69. The van der Waals surface area contributed by atoms with E-state index in [0.717, 1.165) is 77.4 Å². The lowest BCUT2D eigenvalue weighted by Gasteiger charge is -2.18. The minimum Gasteiger partial charge on any atom is -0.466 e. The number of unbranched alkanes of at least 4 members (excludes halogenated alkanes) is 17. The molecule has 0 heterocycles. The number of nitrogens with zero attached hydrogens (tertiary/aromatic N) is 1. The number of hydrogen-bond donors (Lipinski definition) is 0. The van der Waals surface area contributed by atoms with Crippen molar-refractivity contribution in [3.05, 3.63) is 0 Å². The van der Waals surface area contributed by atoms with Crippen molar-refractivity contribution < 1.29 is 23.8 Å². The Morgan fingerprint density at radius 1 is 0.400 bits per heavy atom. The quantitative estimate of drug-likeness (QED) is 0.0453. The van der Waals surface area contributed by atoms with Crippen LogP contribution in [0.15, 0.2) is 0 Å². The number of hydrogen-bond acceptors (Lipinski definition) is 6. The van der Waals surface area contributed by atoms with Gasteiger partial charge in [-0.3, -0.25) is 9.59 Å². The maximum atomic E-state index is 12.4. The Morgan fingerprint density at radius 2 is 0.764 bits per heavy atom. The Labute approximate surface area is 344 Å². The number of esters is 2. The second-order valence-corrected chi connectivity index (χ2v) is 17.3. The molecule has 6 nitrogen and oxygen atoms in total. The molecule has 0 aromatic heterocycles. The van der Waals surface area contributed by atoms with E-state index in [2.05, 4.69) is 46.7 Å². The fraction of sp³-hybridized carbons (Fsp3) is 0.959. The summed E-state index contributed by atoms with van der Waals surface area (Å²) in [5.41, 5.74) is 0. The largest absolute Gasteiger partial charge is 0.466 e. The summed E-state index contributed by atoms with van der Waals surface area (Å²) in [4.78, 5) is 27.0. The predicted octanol–water partition coefficient (Wildman–Crippen LogP) is 14.6. The van der Waals surface area contributed by atoms with E-state index in [-0.39, 0.29) is 11.9 Å². The van der Waals surface area contributed by atoms with E-state index in [1.165, 1.54) is 141 Å². The molecule has 0 fully saturated rings. The van der Waals surface area contributed by atoms with Gasteiger partial charge in [0.2, 0.25) is 0 Å². The number of rotatable bonds is 44. The maximum Gasteiger partial charge on any atom is 0.305 e. The molecule has 6 heteroatoms. The molecule has 0 radical (unpaired) electrons. The lowest BCUT2D eigenvalue weighted by Crippen LogP contribution is -2.16. The smallest absolute Gasteiger partial charge is 0.305 e. The molecule has 0 N–H and O–H groups in total. The first-order chi connectivity index (χ1) is 26.9. The fourth-order valence-corrected chi connectivity index (χ4v) is 7.86. The summed E-state index contributed by atoms with van der Waals surface area (Å²) >= 11 is 0. The SMILES string of the molecule is CCCCCC(CCCCC)CCOC(=O)CCCCCCCCC(CCCCCCC(=O)OCCC(CCCCC)CCCCC)OCCCCN(C)C. The van der Waals surface area contributed by atoms with Gasteiger partial charge >= 0.3 is 11.9 Å². The van der Waals surface area contributed by atoms with Crippen molar-refractivity contribution >= 4 is 11.9 Å². The summed E-state index contributed by atoms with van der Waals surface area (Å²) in [5.74, 6) is 1.42. The van der Waals surface area contributed by atoms with Crippen LogP contribution < -0.4 is 0 Å². The molecular weight excluding hydrogens is 683 g/mol. The van der Waals surface area contributed by atoms with E-state index in [1.807, 2.05) is 0 Å². The van der Waals surface area contributed by atoms with Crippen molar-refractivity contribution in [1.29, 1.82) is 0 Å². The summed E-state index contributed by atoms with van der Waals surface area (Å²) < 4.78 is 17.7. The molecule has 0 aromatic carbocycles. The zero-order valence-electron chi connectivity index (χ0n) is 38.1. The zero-order chi connectivity index (χ0) is 40.5. The van der Waals surface area contributed by atoms with E-state index < -0.39 is 0 Å². The van der Waals surface area contributed by atoms with Crippen molar-refractivity contribution in [1.82, 2.24) is 4.90 Å². The molecule has 1 unspecified atom stereocenters. The Hall–Kier alpha value is -1.14. The van der Waals surface area contributed by atoms with Crippen LogP contribution in [0.25, 0.3) is 0 Å². The van der Waals surface area contributed by atoms with Crippen LogP contribution in [-0.2, 0) is 23.8 Å². The molecule has 55 heavy (non-hydrogen) atoms. The van der Waals surface area contributed by atoms with Gasteiger partial charge in [0.05, 0.1) is 19.3 Å². The van der Waals surface area contributed by atoms with E-state index in [0.29, 0.717) is 44.0 Å². The zero-order valence-corrected chi connectivity index (χ0v) is 38.1. The molecule has 0 spiro atoms. The Bertz CT molecular complexity index is 784. The van der Waals surface area contributed by atoms with Crippen LogP contribution in [0.5, 0.6) is 0 Å². The van der Waals surface area contributed by atoms with Crippen LogP contribution in [0, 0.1) is 11.8 Å². The standard InChI is InChI=1S/C49H97NO5/c1-7-11-21-31-45(32-22-12-8-2)39-43-54-48(51)37-27-18-16-15-17-25-35-47(53-42-30-29-41-50(5)6)36-26-19-20-28-38-49(52)55-44-40-46(33-23-13-9-3)34-24-14-10-4/h45-47H,7-44H2,1-6H3. The van der Waals surface area contributed by atoms with E-state index in [9.17, 15) is 9.59 Å². The summed E-state index contributed by atoms with van der Waals surface area (Å²) in [6.45, 7) is 12.2. The van der Waals surface area contributed by atoms with Gasteiger partial charge in [-0.2, -0.15) is 0 Å². The van der Waals surface area contributed by atoms with E-state index >= 15 is 0 Å². The first kappa shape index (κ1) is 53.9. The topological polar surface area (TPSA) is 65.1 Å². The van der Waals surface area contributed by atoms with Gasteiger partial charge in [0.25, 0.3) is 0 Å². The van der Waals surface area contributed by atoms with Gasteiger partial charge < -0.3 is 19.1 Å². The van der Waals surface area contributed by atoms with Crippen LogP contribution in [0.1, 0.15) is 246 Å². The molecule has 1 atom stereocenters. The highest BCUT2D eigenvalue weighted by Crippen LogP contribution is 2.23. The maximum absolute atomic E-state index is 12.4. The molecule has 0 rings (SSSR count). The first-order valence-corrected chi connectivity index (χ1v) is 24.4. The summed E-state index contributed by atoms with van der Waals surface area (Å²) in [5, 5.41) is 0. The minimum absolute atomic E-state index is 0.000979. The van der Waals surface area contributed by atoms with Crippen LogP contribution >= 0.6 is 0 Å². The van der Waals surface area contributed by atoms with Crippen LogP contribution in [0.4, 0.5) is 0 Å². The average Bonchev–Trinajstić information content (AvgIpc) is 3.16. The second kappa shape index (κ2) is 42.5. The monoisotopic (exact) mass is 780 g/mol. The molecule has 0 aliphatic rings. The number of carbonyl (C=O) groups excluding carboxylic acids is 2. The molecule has 0 saturated heterocycles. The third-order valence-electron chi connectivity index (χ3n) is 11.6. The molecular formula is C49H97NO5. The summed E-state index contributed by atoms with van der Waals surface area (Å²) in [6, 6.07) is 0. The molecule has 0 amide bonds. The minimum atomic E-state index is -0.00517. The lowest BCUT2D eigenvalue weighted by atomic mass is 9.92. The van der Waals surface area contributed by atoms with Gasteiger partial charge in [-0.1, -0.05) is 182 Å². The van der Waals surface area contributed by atoms with Gasteiger partial charge in [0, 0.05) is 19.4 Å². The third-order valence-corrected chi connectivity index (χ3v) is 11.6. The fourth-order valence-electron chi connectivity index (χ4n) is 7.86. The Balaban J connectivity index is 4.23. The van der Waals surface area contributed by atoms with Crippen LogP contribution in [0.2, 0.25) is 0 Å². The summed E-state index contributed by atoms with van der Waals surface area (Å²) in [7, 11) is 4.27. The lowest BCUT2D eigenvalue weighted by molar-refractivity contribution is -0.145. The van der Waals surface area contributed by atoms with E-state index in [1.54, 1.807) is 0 Å². The predicted molar refractivity (Wildman–Crippen MR) is 237 cm³/mol. The number of ether oxygens (including phenoxy) is 3. The second-order valence-electron chi connectivity index (χ2n) is 17.3. The van der Waals surface area contributed by atoms with E-state index in [4.69, 9.17) is 14.2 Å². The molecule has 0 saturated carbocycles. The Morgan fingerprint density at radius 3 is 1.15 bits per heavy atom. The highest BCUT2D eigenvalue weighted by atomic mass is 16.5. The van der Waals surface area contributed by atoms with Gasteiger partial charge in [-0.05, 0) is 83.8 Å². The molecule has 0 aromatic rings. The van der Waals surface area contributed by atoms with Crippen LogP contribution in [-0.4, -0.2) is 63.4 Å². The van der Waals surface area contributed by atoms with Crippen LogP contribution in [0.3, 0.4) is 0 Å². The molecule has 0 aliphatic heterocycles. The molecule has 0 bridgehead atoms. The average molecular weight is 780 g/mol. The van der Waals surface area contributed by atoms with Gasteiger partial charge in [0.15, 0.2) is 0 Å². The first-order valence-electron chi connectivity index (χ1n) is 24.4. The van der Waals surface area contributed by atoms with Gasteiger partial charge in [0.1, 0.15) is 0 Å². The van der Waals surface area contributed by atoms with Crippen molar-refractivity contribution in [2.45, 2.75) is 252 Å². The molecule has 328 valence electrons. The van der Waals surface area contributed by atoms with Crippen molar-refractivity contribution in [3.63, 3.8) is 0 Å². The third kappa shape index (κ3) is 39.5. The number of carbonyl (C=O) groups is 2.